The molecule has 0 aliphatic carbocycles. The molecule has 0 spiro atoms. The lowest BCUT2D eigenvalue weighted by atomic mass is 10.1. The quantitative estimate of drug-likeness (QED) is 0.641. The molecule has 124 valence electrons. The van der Waals surface area contributed by atoms with Gasteiger partial charge >= 0.3 is 0 Å². The lowest BCUT2D eigenvalue weighted by Crippen LogP contribution is -2.38. The van der Waals surface area contributed by atoms with E-state index in [0.717, 1.165) is 11.4 Å². The molecule has 0 N–H and O–H groups in total. The van der Waals surface area contributed by atoms with E-state index in [4.69, 9.17) is 4.42 Å². The van der Waals surface area contributed by atoms with E-state index in [1.54, 1.807) is 17.0 Å². The summed E-state index contributed by atoms with van der Waals surface area (Å²) in [7, 11) is 0. The maximum atomic E-state index is 12.4. The zero-order chi connectivity index (χ0) is 17.2. The van der Waals surface area contributed by atoms with Gasteiger partial charge in [0.1, 0.15) is 0 Å². The number of amides is 1. The fourth-order valence-electron chi connectivity index (χ4n) is 2.83. The van der Waals surface area contributed by atoms with Crippen LogP contribution in [0.2, 0.25) is 0 Å². The zero-order valence-electron chi connectivity index (χ0n) is 13.8. The number of hydrogen-bond donors (Lipinski definition) is 0. The second-order valence-corrected chi connectivity index (χ2v) is 5.91. The maximum absolute atomic E-state index is 12.4. The van der Waals surface area contributed by atoms with Crippen molar-refractivity contribution in [1.29, 1.82) is 0 Å². The van der Waals surface area contributed by atoms with Crippen molar-refractivity contribution >= 4 is 5.91 Å². The van der Waals surface area contributed by atoms with Crippen molar-refractivity contribution in [2.24, 2.45) is 0 Å². The average Bonchev–Trinajstić information content (AvgIpc) is 3.29. The molecule has 0 saturated carbocycles. The molecule has 1 aliphatic heterocycles. The molecule has 25 heavy (non-hydrogen) atoms. The smallest absolute Gasteiger partial charge is 0.290 e. The SMILES string of the molecule is Cc1cccc(C#Cc2nnc3n2CCN(C(=O)c2ccco2)C3)c1. The molecule has 0 saturated heterocycles. The van der Waals surface area contributed by atoms with E-state index in [1.165, 1.54) is 11.8 Å². The summed E-state index contributed by atoms with van der Waals surface area (Å²) in [4.78, 5) is 14.1. The number of carbonyl (C=O) groups excluding carboxylic acids is 1. The summed E-state index contributed by atoms with van der Waals surface area (Å²) in [5, 5.41) is 8.36. The third kappa shape index (κ3) is 3.04. The lowest BCUT2D eigenvalue weighted by molar-refractivity contribution is 0.0675. The maximum Gasteiger partial charge on any atom is 0.290 e. The van der Waals surface area contributed by atoms with E-state index in [1.807, 2.05) is 35.8 Å². The highest BCUT2D eigenvalue weighted by atomic mass is 16.3. The number of carbonyl (C=O) groups is 1. The first-order valence-electron chi connectivity index (χ1n) is 8.04. The first kappa shape index (κ1) is 15.2. The van der Waals surface area contributed by atoms with E-state index in [0.29, 0.717) is 31.2 Å². The molecule has 6 heteroatoms. The van der Waals surface area contributed by atoms with Crippen molar-refractivity contribution in [3.05, 3.63) is 71.2 Å². The van der Waals surface area contributed by atoms with Gasteiger partial charge in [-0.05, 0) is 42.7 Å². The molecule has 0 unspecified atom stereocenters. The Morgan fingerprint density at radius 2 is 2.08 bits per heavy atom. The Labute approximate surface area is 145 Å². The van der Waals surface area contributed by atoms with Gasteiger partial charge in [-0.25, -0.2) is 0 Å². The first-order chi connectivity index (χ1) is 12.2. The lowest BCUT2D eigenvalue weighted by Gasteiger charge is -2.26. The molecule has 2 aromatic heterocycles. The van der Waals surface area contributed by atoms with Crippen LogP contribution in [0, 0.1) is 18.8 Å². The minimum atomic E-state index is -0.133. The largest absolute Gasteiger partial charge is 0.459 e. The standard InChI is InChI=1S/C19H16N4O2/c1-14-4-2-5-15(12-14)7-8-17-20-21-18-13-22(9-10-23(17)18)19(24)16-6-3-11-25-16/h2-6,11-12H,9-10,13H2,1H3. The molecule has 1 aromatic carbocycles. The molecule has 3 heterocycles. The summed E-state index contributed by atoms with van der Waals surface area (Å²) in [6, 6.07) is 11.4. The molecule has 4 rings (SSSR count). The number of aryl methyl sites for hydroxylation is 1. The molecule has 0 radical (unpaired) electrons. The number of rotatable bonds is 1. The number of hydrogen-bond acceptors (Lipinski definition) is 4. The van der Waals surface area contributed by atoms with E-state index in [2.05, 4.69) is 22.0 Å². The summed E-state index contributed by atoms with van der Waals surface area (Å²) in [6.07, 6.45) is 1.50. The molecule has 6 nitrogen and oxygen atoms in total. The van der Waals surface area contributed by atoms with Crippen LogP contribution in [-0.4, -0.2) is 32.1 Å². The van der Waals surface area contributed by atoms with Gasteiger partial charge in [-0.1, -0.05) is 18.1 Å². The second kappa shape index (κ2) is 6.29. The van der Waals surface area contributed by atoms with Crippen LogP contribution in [0.5, 0.6) is 0 Å². The average molecular weight is 332 g/mol. The Morgan fingerprint density at radius 1 is 1.16 bits per heavy atom. The Kier molecular flexibility index (Phi) is 3.82. The van der Waals surface area contributed by atoms with Crippen LogP contribution in [0.25, 0.3) is 0 Å². The third-order valence-electron chi connectivity index (χ3n) is 4.11. The Bertz CT molecular complexity index is 977. The molecule has 3 aromatic rings. The highest BCUT2D eigenvalue weighted by Crippen LogP contribution is 2.15. The Morgan fingerprint density at radius 3 is 2.88 bits per heavy atom. The first-order valence-corrected chi connectivity index (χ1v) is 8.04. The van der Waals surface area contributed by atoms with Gasteiger partial charge in [0.05, 0.1) is 12.8 Å². The van der Waals surface area contributed by atoms with Crippen LogP contribution in [0.15, 0.2) is 47.1 Å². The normalized spacial score (nSPS) is 13.1. The molecular formula is C19H16N4O2. The summed E-state index contributed by atoms with van der Waals surface area (Å²) in [5.74, 6) is 7.78. The number of aromatic nitrogens is 3. The van der Waals surface area contributed by atoms with Crippen molar-refractivity contribution in [2.45, 2.75) is 20.0 Å². The van der Waals surface area contributed by atoms with Crippen LogP contribution >= 0.6 is 0 Å². The summed E-state index contributed by atoms with van der Waals surface area (Å²) >= 11 is 0. The van der Waals surface area contributed by atoms with Crippen molar-refractivity contribution in [3.63, 3.8) is 0 Å². The fraction of sp³-hybridized carbons (Fsp3) is 0.211. The minimum Gasteiger partial charge on any atom is -0.459 e. The zero-order valence-corrected chi connectivity index (χ0v) is 13.8. The van der Waals surface area contributed by atoms with Gasteiger partial charge in [0.15, 0.2) is 11.6 Å². The molecule has 0 atom stereocenters. The van der Waals surface area contributed by atoms with E-state index < -0.39 is 0 Å². The van der Waals surface area contributed by atoms with Crippen molar-refractivity contribution in [2.75, 3.05) is 6.54 Å². The number of fused-ring (bicyclic) bond motifs is 1. The fourth-order valence-corrected chi connectivity index (χ4v) is 2.83. The van der Waals surface area contributed by atoms with Gasteiger partial charge in [0.25, 0.3) is 5.91 Å². The topological polar surface area (TPSA) is 64.2 Å². The predicted octanol–water partition coefficient (Wildman–Crippen LogP) is 2.24. The summed E-state index contributed by atoms with van der Waals surface area (Å²) in [5.41, 5.74) is 2.12. The minimum absolute atomic E-state index is 0.133. The highest BCUT2D eigenvalue weighted by molar-refractivity contribution is 5.91. The van der Waals surface area contributed by atoms with Crippen molar-refractivity contribution in [3.8, 4) is 11.8 Å². The van der Waals surface area contributed by atoms with E-state index in [9.17, 15) is 4.79 Å². The van der Waals surface area contributed by atoms with Crippen molar-refractivity contribution < 1.29 is 9.21 Å². The summed E-state index contributed by atoms with van der Waals surface area (Å²) in [6.45, 7) is 3.63. The van der Waals surface area contributed by atoms with Gasteiger partial charge in [-0.2, -0.15) is 0 Å². The van der Waals surface area contributed by atoms with Crippen LogP contribution in [0.3, 0.4) is 0 Å². The van der Waals surface area contributed by atoms with Gasteiger partial charge in [0, 0.05) is 18.7 Å². The van der Waals surface area contributed by atoms with Gasteiger partial charge in [-0.3, -0.25) is 4.79 Å². The van der Waals surface area contributed by atoms with Crippen LogP contribution in [0.1, 0.15) is 33.3 Å². The predicted molar refractivity (Wildman–Crippen MR) is 90.6 cm³/mol. The Hall–Kier alpha value is -3.33. The van der Waals surface area contributed by atoms with E-state index >= 15 is 0 Å². The number of benzene rings is 1. The molecular weight excluding hydrogens is 316 g/mol. The highest BCUT2D eigenvalue weighted by Gasteiger charge is 2.26. The van der Waals surface area contributed by atoms with Gasteiger partial charge in [0.2, 0.25) is 5.82 Å². The Balaban J connectivity index is 1.54. The second-order valence-electron chi connectivity index (χ2n) is 5.91. The molecule has 1 aliphatic rings. The summed E-state index contributed by atoms with van der Waals surface area (Å²) < 4.78 is 7.15. The molecule has 1 amide bonds. The van der Waals surface area contributed by atoms with Gasteiger partial charge in [-0.15, -0.1) is 10.2 Å². The van der Waals surface area contributed by atoms with Crippen LogP contribution in [-0.2, 0) is 13.1 Å². The monoisotopic (exact) mass is 332 g/mol. The van der Waals surface area contributed by atoms with Crippen LogP contribution in [0.4, 0.5) is 0 Å². The molecule has 0 fully saturated rings. The van der Waals surface area contributed by atoms with E-state index in [-0.39, 0.29) is 5.91 Å². The van der Waals surface area contributed by atoms with Crippen molar-refractivity contribution in [1.82, 2.24) is 19.7 Å². The number of nitrogens with zero attached hydrogens (tertiary/aromatic N) is 4. The van der Waals surface area contributed by atoms with Crippen LogP contribution < -0.4 is 0 Å². The number of furan rings is 1. The van der Waals surface area contributed by atoms with Gasteiger partial charge < -0.3 is 13.9 Å². The third-order valence-corrected chi connectivity index (χ3v) is 4.11. The molecule has 0 bridgehead atoms.